The van der Waals surface area contributed by atoms with Gasteiger partial charge < -0.3 is 19.1 Å². The minimum atomic E-state index is -0.634. The minimum absolute atomic E-state index is 0.0671. The van der Waals surface area contributed by atoms with E-state index in [1.165, 1.54) is 6.07 Å². The van der Waals surface area contributed by atoms with Gasteiger partial charge in [-0.2, -0.15) is 0 Å². The number of methoxy groups -OCH3 is 1. The lowest BCUT2D eigenvalue weighted by Gasteiger charge is -2.15. The van der Waals surface area contributed by atoms with Crippen LogP contribution in [-0.2, 0) is 6.54 Å². The fourth-order valence-electron chi connectivity index (χ4n) is 2.01. The number of pyridine rings is 1. The fraction of sp³-hybridized carbons (Fsp3) is 0.312. The maximum atomic E-state index is 11.6. The van der Waals surface area contributed by atoms with Gasteiger partial charge in [-0.1, -0.05) is 6.07 Å². The van der Waals surface area contributed by atoms with Crippen molar-refractivity contribution in [3.8, 4) is 11.5 Å². The molecule has 112 valence electrons. The molecule has 1 aromatic heterocycles. The van der Waals surface area contributed by atoms with E-state index in [1.807, 2.05) is 0 Å². The number of hydrogen-bond donors (Lipinski definition) is 1. The summed E-state index contributed by atoms with van der Waals surface area (Å²) in [5, 5.41) is 9.75. The van der Waals surface area contributed by atoms with Crippen molar-refractivity contribution in [3.05, 3.63) is 58.5 Å². The van der Waals surface area contributed by atoms with Gasteiger partial charge in [-0.25, -0.2) is 0 Å². The van der Waals surface area contributed by atoms with Crippen LogP contribution < -0.4 is 15.0 Å². The number of benzene rings is 1. The fourth-order valence-corrected chi connectivity index (χ4v) is 2.01. The first kappa shape index (κ1) is 15.1. The maximum Gasteiger partial charge on any atom is 0.250 e. The van der Waals surface area contributed by atoms with Gasteiger partial charge in [0.05, 0.1) is 19.8 Å². The van der Waals surface area contributed by atoms with Crippen LogP contribution in [0.4, 0.5) is 0 Å². The molecule has 0 saturated heterocycles. The average molecular weight is 289 g/mol. The Bertz CT molecular complexity index is 649. The summed E-state index contributed by atoms with van der Waals surface area (Å²) in [7, 11) is 1.57. The number of aliphatic hydroxyl groups is 1. The largest absolute Gasteiger partial charge is 0.497 e. The second-order valence-electron chi connectivity index (χ2n) is 4.66. The summed E-state index contributed by atoms with van der Waals surface area (Å²) in [4.78, 5) is 11.6. The maximum absolute atomic E-state index is 11.6. The highest BCUT2D eigenvalue weighted by atomic mass is 16.5. The molecule has 21 heavy (non-hydrogen) atoms. The summed E-state index contributed by atoms with van der Waals surface area (Å²) >= 11 is 0. The summed E-state index contributed by atoms with van der Waals surface area (Å²) in [5.74, 6) is 1.22. The van der Waals surface area contributed by atoms with E-state index >= 15 is 0 Å². The number of ether oxygens (including phenoxy) is 2. The molecular formula is C16H19NO4. The standard InChI is InChI=1S/C16H19NO4/c1-12(18)14-7-6-13(20-2)11-15(14)21-10-9-17-8-4-3-5-16(17)19/h3-8,11-12,18H,9-10H2,1-2H3/t12-/m0/s1. The van der Waals surface area contributed by atoms with Crippen LogP contribution in [0, 0.1) is 0 Å². The van der Waals surface area contributed by atoms with Gasteiger partial charge in [0.15, 0.2) is 0 Å². The van der Waals surface area contributed by atoms with Crippen molar-refractivity contribution in [1.82, 2.24) is 4.57 Å². The van der Waals surface area contributed by atoms with E-state index in [-0.39, 0.29) is 5.56 Å². The molecule has 0 aliphatic heterocycles. The van der Waals surface area contributed by atoms with E-state index in [2.05, 4.69) is 0 Å². The Labute approximate surface area is 123 Å². The third-order valence-electron chi connectivity index (χ3n) is 3.16. The van der Waals surface area contributed by atoms with Crippen LogP contribution >= 0.6 is 0 Å². The molecule has 0 amide bonds. The van der Waals surface area contributed by atoms with Gasteiger partial charge in [0.1, 0.15) is 18.1 Å². The zero-order valence-electron chi connectivity index (χ0n) is 12.2. The molecule has 5 nitrogen and oxygen atoms in total. The Kier molecular flexibility index (Phi) is 5.00. The Morgan fingerprint density at radius 2 is 2.10 bits per heavy atom. The summed E-state index contributed by atoms with van der Waals surface area (Å²) in [6.07, 6.45) is 1.08. The molecule has 0 spiro atoms. The van der Waals surface area contributed by atoms with Gasteiger partial charge >= 0.3 is 0 Å². The van der Waals surface area contributed by atoms with Crippen molar-refractivity contribution < 1.29 is 14.6 Å². The highest BCUT2D eigenvalue weighted by molar-refractivity contribution is 5.41. The Morgan fingerprint density at radius 3 is 2.76 bits per heavy atom. The zero-order valence-corrected chi connectivity index (χ0v) is 12.2. The minimum Gasteiger partial charge on any atom is -0.497 e. The normalized spacial score (nSPS) is 12.0. The van der Waals surface area contributed by atoms with E-state index in [1.54, 1.807) is 55.1 Å². The van der Waals surface area contributed by atoms with Crippen molar-refractivity contribution in [3.63, 3.8) is 0 Å². The molecule has 2 aromatic rings. The van der Waals surface area contributed by atoms with Crippen molar-refractivity contribution >= 4 is 0 Å². The molecule has 1 N–H and O–H groups in total. The van der Waals surface area contributed by atoms with Crippen molar-refractivity contribution in [2.75, 3.05) is 13.7 Å². The molecule has 5 heteroatoms. The number of aliphatic hydroxyl groups excluding tert-OH is 1. The van der Waals surface area contributed by atoms with E-state index in [0.717, 1.165) is 0 Å². The van der Waals surface area contributed by atoms with E-state index in [0.29, 0.717) is 30.2 Å². The molecule has 0 aliphatic carbocycles. The molecule has 0 bridgehead atoms. The topological polar surface area (TPSA) is 60.7 Å². The van der Waals surface area contributed by atoms with Crippen LogP contribution in [0.3, 0.4) is 0 Å². The first-order valence-corrected chi connectivity index (χ1v) is 6.76. The van der Waals surface area contributed by atoms with Crippen LogP contribution in [0.15, 0.2) is 47.4 Å². The zero-order chi connectivity index (χ0) is 15.2. The number of rotatable bonds is 6. The first-order valence-electron chi connectivity index (χ1n) is 6.76. The number of aromatic nitrogens is 1. The predicted molar refractivity (Wildman–Crippen MR) is 79.8 cm³/mol. The number of hydrogen-bond acceptors (Lipinski definition) is 4. The Morgan fingerprint density at radius 1 is 1.29 bits per heavy atom. The van der Waals surface area contributed by atoms with Crippen molar-refractivity contribution in [1.29, 1.82) is 0 Å². The third kappa shape index (κ3) is 3.86. The molecular weight excluding hydrogens is 270 g/mol. The monoisotopic (exact) mass is 289 g/mol. The lowest BCUT2D eigenvalue weighted by molar-refractivity contribution is 0.190. The lowest BCUT2D eigenvalue weighted by atomic mass is 10.1. The molecule has 0 radical (unpaired) electrons. The molecule has 1 atom stereocenters. The smallest absolute Gasteiger partial charge is 0.250 e. The molecule has 0 aliphatic rings. The van der Waals surface area contributed by atoms with Crippen LogP contribution in [0.5, 0.6) is 11.5 Å². The average Bonchev–Trinajstić information content (AvgIpc) is 2.48. The lowest BCUT2D eigenvalue weighted by Crippen LogP contribution is -2.21. The van der Waals surface area contributed by atoms with Crippen molar-refractivity contribution in [2.24, 2.45) is 0 Å². The van der Waals surface area contributed by atoms with Gasteiger partial charge in [0.25, 0.3) is 5.56 Å². The molecule has 1 aromatic carbocycles. The van der Waals surface area contributed by atoms with Crippen LogP contribution in [-0.4, -0.2) is 23.4 Å². The van der Waals surface area contributed by atoms with E-state index in [4.69, 9.17) is 9.47 Å². The van der Waals surface area contributed by atoms with E-state index < -0.39 is 6.10 Å². The van der Waals surface area contributed by atoms with Gasteiger partial charge in [-0.3, -0.25) is 4.79 Å². The molecule has 2 rings (SSSR count). The van der Waals surface area contributed by atoms with Crippen LogP contribution in [0.2, 0.25) is 0 Å². The second-order valence-corrected chi connectivity index (χ2v) is 4.66. The molecule has 0 saturated carbocycles. The Balaban J connectivity index is 2.08. The van der Waals surface area contributed by atoms with Crippen LogP contribution in [0.1, 0.15) is 18.6 Å². The molecule has 0 fully saturated rings. The Hall–Kier alpha value is -2.27. The first-order chi connectivity index (χ1) is 10.1. The highest BCUT2D eigenvalue weighted by Gasteiger charge is 2.10. The third-order valence-corrected chi connectivity index (χ3v) is 3.16. The highest BCUT2D eigenvalue weighted by Crippen LogP contribution is 2.29. The summed E-state index contributed by atoms with van der Waals surface area (Å²) in [5.41, 5.74) is 0.624. The van der Waals surface area contributed by atoms with Gasteiger partial charge in [-0.05, 0) is 25.1 Å². The van der Waals surface area contributed by atoms with Crippen LogP contribution in [0.25, 0.3) is 0 Å². The predicted octanol–water partition coefficient (Wildman–Crippen LogP) is 1.99. The van der Waals surface area contributed by atoms with Gasteiger partial charge in [0.2, 0.25) is 0 Å². The van der Waals surface area contributed by atoms with Gasteiger partial charge in [0, 0.05) is 23.9 Å². The SMILES string of the molecule is COc1ccc([C@H](C)O)c(OCCn2ccccc2=O)c1. The van der Waals surface area contributed by atoms with Crippen molar-refractivity contribution in [2.45, 2.75) is 19.6 Å². The summed E-state index contributed by atoms with van der Waals surface area (Å²) in [6.45, 7) is 2.45. The van der Waals surface area contributed by atoms with Gasteiger partial charge in [-0.15, -0.1) is 0 Å². The van der Waals surface area contributed by atoms with E-state index in [9.17, 15) is 9.90 Å². The second kappa shape index (κ2) is 6.95. The summed E-state index contributed by atoms with van der Waals surface area (Å²) < 4.78 is 12.4. The quantitative estimate of drug-likeness (QED) is 0.883. The summed E-state index contributed by atoms with van der Waals surface area (Å²) in [6, 6.07) is 10.3. The molecule has 0 unspecified atom stereocenters. The number of nitrogens with zero attached hydrogens (tertiary/aromatic N) is 1. The molecule has 1 heterocycles.